The molecule has 0 aliphatic rings. The van der Waals surface area contributed by atoms with Crippen LogP contribution >= 0.6 is 0 Å². The number of phenolic OH excluding ortho intramolecular Hbond substituents is 2. The largest absolute Gasteiger partial charge is 0.508 e. The lowest BCUT2D eigenvalue weighted by atomic mass is 9.99. The third-order valence-corrected chi connectivity index (χ3v) is 5.07. The van der Waals surface area contributed by atoms with Gasteiger partial charge in [0.1, 0.15) is 11.5 Å². The van der Waals surface area contributed by atoms with Gasteiger partial charge in [0.15, 0.2) is 0 Å². The highest BCUT2D eigenvalue weighted by atomic mass is 16.3. The molecule has 2 aromatic rings. The van der Waals surface area contributed by atoms with E-state index in [1.807, 2.05) is 12.1 Å². The first kappa shape index (κ1) is 20.3. The molecule has 0 bridgehead atoms. The van der Waals surface area contributed by atoms with Crippen LogP contribution in [-0.2, 0) is 13.1 Å². The highest BCUT2D eigenvalue weighted by Crippen LogP contribution is 2.30. The minimum absolute atomic E-state index is 0.336. The van der Waals surface area contributed by atoms with Crippen LogP contribution in [0.2, 0.25) is 0 Å². The van der Waals surface area contributed by atoms with Crippen molar-refractivity contribution in [3.05, 3.63) is 47.5 Å². The summed E-state index contributed by atoms with van der Waals surface area (Å²) in [5.41, 5.74) is 3.99. The van der Waals surface area contributed by atoms with E-state index in [4.69, 9.17) is 0 Å². The van der Waals surface area contributed by atoms with Crippen LogP contribution < -0.4 is 0 Å². The molecule has 2 rings (SSSR count). The summed E-state index contributed by atoms with van der Waals surface area (Å²) in [4.78, 5) is 4.56. The second-order valence-electron chi connectivity index (χ2n) is 6.61. The minimum Gasteiger partial charge on any atom is -0.508 e. The number of hydrogen-bond donors (Lipinski definition) is 2. The number of nitrogens with zero attached hydrogens (tertiary/aromatic N) is 2. The molecular formula is C22H32N2O2. The highest BCUT2D eigenvalue weighted by molar-refractivity contribution is 5.67. The molecule has 0 spiro atoms. The molecule has 4 nitrogen and oxygen atoms in total. The van der Waals surface area contributed by atoms with E-state index >= 15 is 0 Å². The smallest absolute Gasteiger partial charge is 0.120 e. The summed E-state index contributed by atoms with van der Waals surface area (Å²) in [5, 5.41) is 20.5. The van der Waals surface area contributed by atoms with Gasteiger partial charge in [0, 0.05) is 24.2 Å². The average Bonchev–Trinajstić information content (AvgIpc) is 2.66. The highest BCUT2D eigenvalue weighted by Gasteiger charge is 2.11. The third kappa shape index (κ3) is 4.99. The van der Waals surface area contributed by atoms with Gasteiger partial charge in [0.05, 0.1) is 0 Å². The summed E-state index contributed by atoms with van der Waals surface area (Å²) in [7, 11) is 0. The van der Waals surface area contributed by atoms with Gasteiger partial charge < -0.3 is 10.2 Å². The molecule has 26 heavy (non-hydrogen) atoms. The Hall–Kier alpha value is -2.04. The van der Waals surface area contributed by atoms with Crippen molar-refractivity contribution in [1.29, 1.82) is 0 Å². The second kappa shape index (κ2) is 9.60. The first-order valence-corrected chi connectivity index (χ1v) is 9.61. The number of benzene rings is 2. The van der Waals surface area contributed by atoms with Crippen molar-refractivity contribution in [3.8, 4) is 22.6 Å². The monoisotopic (exact) mass is 356 g/mol. The molecule has 2 N–H and O–H groups in total. The average molecular weight is 357 g/mol. The van der Waals surface area contributed by atoms with Crippen LogP contribution in [-0.4, -0.2) is 46.2 Å². The summed E-state index contributed by atoms with van der Waals surface area (Å²) in [6.45, 7) is 13.8. The fraction of sp³-hybridized carbons (Fsp3) is 0.455. The van der Waals surface area contributed by atoms with Gasteiger partial charge in [0.25, 0.3) is 0 Å². The Morgan fingerprint density at radius 2 is 0.962 bits per heavy atom. The Labute approximate surface area is 157 Å². The normalized spacial score (nSPS) is 11.5. The van der Waals surface area contributed by atoms with Crippen LogP contribution in [0.15, 0.2) is 36.4 Å². The quantitative estimate of drug-likeness (QED) is 0.697. The van der Waals surface area contributed by atoms with Crippen molar-refractivity contribution in [2.24, 2.45) is 0 Å². The summed E-state index contributed by atoms with van der Waals surface area (Å²) in [6.07, 6.45) is 0. The summed E-state index contributed by atoms with van der Waals surface area (Å²) < 4.78 is 0. The summed E-state index contributed by atoms with van der Waals surface area (Å²) in [6, 6.07) is 11.5. The first-order valence-electron chi connectivity index (χ1n) is 9.61. The minimum atomic E-state index is 0.336. The van der Waals surface area contributed by atoms with Crippen molar-refractivity contribution in [2.45, 2.75) is 40.8 Å². The molecule has 0 aromatic heterocycles. The molecular weight excluding hydrogens is 324 g/mol. The predicted octanol–water partition coefficient (Wildman–Crippen LogP) is 4.45. The predicted molar refractivity (Wildman–Crippen MR) is 108 cm³/mol. The van der Waals surface area contributed by atoms with Gasteiger partial charge in [-0.3, -0.25) is 9.80 Å². The molecule has 0 atom stereocenters. The van der Waals surface area contributed by atoms with Crippen LogP contribution in [0.4, 0.5) is 0 Å². The molecule has 0 radical (unpaired) electrons. The molecule has 142 valence electrons. The Balaban J connectivity index is 2.33. The van der Waals surface area contributed by atoms with Gasteiger partial charge in [-0.05, 0) is 61.6 Å². The molecule has 0 saturated heterocycles. The Bertz CT molecular complexity index is 646. The van der Waals surface area contributed by atoms with Crippen molar-refractivity contribution < 1.29 is 10.2 Å². The van der Waals surface area contributed by atoms with E-state index in [1.165, 1.54) is 0 Å². The fourth-order valence-electron chi connectivity index (χ4n) is 3.16. The molecule has 0 heterocycles. The molecule has 0 amide bonds. The van der Waals surface area contributed by atoms with E-state index in [2.05, 4.69) is 49.6 Å². The lowest BCUT2D eigenvalue weighted by molar-refractivity contribution is 0.290. The number of rotatable bonds is 9. The third-order valence-electron chi connectivity index (χ3n) is 5.07. The van der Waals surface area contributed by atoms with E-state index in [1.54, 1.807) is 12.1 Å². The second-order valence-corrected chi connectivity index (χ2v) is 6.61. The van der Waals surface area contributed by atoms with E-state index in [9.17, 15) is 10.2 Å². The van der Waals surface area contributed by atoms with Crippen molar-refractivity contribution in [1.82, 2.24) is 9.80 Å². The SMILES string of the molecule is CCN(CC)Cc1cc(-c2ccc(O)c(CN(CC)CC)c2)ccc1O. The van der Waals surface area contributed by atoms with Gasteiger partial charge in [0.2, 0.25) is 0 Å². The van der Waals surface area contributed by atoms with Crippen LogP contribution in [0, 0.1) is 0 Å². The molecule has 0 fully saturated rings. The zero-order valence-corrected chi connectivity index (χ0v) is 16.5. The molecule has 4 heteroatoms. The Morgan fingerprint density at radius 1 is 0.615 bits per heavy atom. The van der Waals surface area contributed by atoms with Crippen LogP contribution in [0.5, 0.6) is 11.5 Å². The zero-order valence-electron chi connectivity index (χ0n) is 16.5. The molecule has 0 aliphatic heterocycles. The Kier molecular flexibility index (Phi) is 7.49. The summed E-state index contributed by atoms with van der Waals surface area (Å²) >= 11 is 0. The van der Waals surface area contributed by atoms with Gasteiger partial charge in [-0.15, -0.1) is 0 Å². The number of phenols is 2. The van der Waals surface area contributed by atoms with E-state index in [0.717, 1.165) is 61.5 Å². The van der Waals surface area contributed by atoms with E-state index in [-0.39, 0.29) is 0 Å². The summed E-state index contributed by atoms with van der Waals surface area (Å²) in [5.74, 6) is 0.672. The maximum atomic E-state index is 10.2. The van der Waals surface area contributed by atoms with Gasteiger partial charge in [-0.1, -0.05) is 39.8 Å². The standard InChI is InChI=1S/C22H32N2O2/c1-5-23(6-2)15-19-13-17(9-11-21(19)25)18-10-12-22(26)20(14-18)16-24(7-3)8-4/h9-14,25-26H,5-8,15-16H2,1-4H3. The van der Waals surface area contributed by atoms with Gasteiger partial charge >= 0.3 is 0 Å². The van der Waals surface area contributed by atoms with Crippen molar-refractivity contribution >= 4 is 0 Å². The lowest BCUT2D eigenvalue weighted by Crippen LogP contribution is -2.22. The van der Waals surface area contributed by atoms with Gasteiger partial charge in [-0.2, -0.15) is 0 Å². The zero-order chi connectivity index (χ0) is 19.1. The maximum Gasteiger partial charge on any atom is 0.120 e. The number of aromatic hydroxyl groups is 2. The topological polar surface area (TPSA) is 46.9 Å². The first-order chi connectivity index (χ1) is 12.5. The van der Waals surface area contributed by atoms with Crippen LogP contribution in [0.1, 0.15) is 38.8 Å². The van der Waals surface area contributed by atoms with Crippen molar-refractivity contribution in [2.75, 3.05) is 26.2 Å². The molecule has 0 unspecified atom stereocenters. The maximum absolute atomic E-state index is 10.2. The van der Waals surface area contributed by atoms with Crippen molar-refractivity contribution in [3.63, 3.8) is 0 Å². The lowest BCUT2D eigenvalue weighted by Gasteiger charge is -2.20. The molecule has 2 aromatic carbocycles. The van der Waals surface area contributed by atoms with Crippen LogP contribution in [0.25, 0.3) is 11.1 Å². The van der Waals surface area contributed by atoms with Gasteiger partial charge in [-0.25, -0.2) is 0 Å². The Morgan fingerprint density at radius 3 is 1.27 bits per heavy atom. The fourth-order valence-corrected chi connectivity index (χ4v) is 3.16. The van der Waals surface area contributed by atoms with E-state index < -0.39 is 0 Å². The molecule has 0 aliphatic carbocycles. The van der Waals surface area contributed by atoms with E-state index in [0.29, 0.717) is 11.5 Å². The van der Waals surface area contributed by atoms with Crippen LogP contribution in [0.3, 0.4) is 0 Å². The molecule has 0 saturated carbocycles. The number of hydrogen-bond acceptors (Lipinski definition) is 4.